The number of hydrogen-bond donors (Lipinski definition) is 1. The van der Waals surface area contributed by atoms with Gasteiger partial charge in [0, 0.05) is 11.1 Å². The third kappa shape index (κ3) is 1.79. The van der Waals surface area contributed by atoms with E-state index in [0.29, 0.717) is 22.4 Å². The van der Waals surface area contributed by atoms with E-state index in [0.717, 1.165) is 5.69 Å². The fraction of sp³-hybridized carbons (Fsp3) is 0.0769. The van der Waals surface area contributed by atoms with E-state index in [1.165, 1.54) is 12.1 Å². The van der Waals surface area contributed by atoms with Crippen molar-refractivity contribution < 1.29 is 8.81 Å². The largest absolute Gasteiger partial charge is 0.454 e. The molecule has 0 saturated heterocycles. The summed E-state index contributed by atoms with van der Waals surface area (Å²) >= 11 is 0. The average molecular weight is 243 g/mol. The molecule has 0 bridgehead atoms. The number of nitrogens with two attached hydrogens (primary N) is 1. The minimum absolute atomic E-state index is 0.191. The Morgan fingerprint density at radius 2 is 2.00 bits per heavy atom. The monoisotopic (exact) mass is 243 g/mol. The van der Waals surface area contributed by atoms with Gasteiger partial charge in [0.15, 0.2) is 5.76 Å². The van der Waals surface area contributed by atoms with Gasteiger partial charge in [-0.3, -0.25) is 0 Å². The standard InChI is InChI=1S/C13H10FN3O/c1-7-4-10(17-13(15)16-7)12-6-8-5-9(14)2-3-11(8)18-12/h2-6H,1H3,(H2,15,16,17). The van der Waals surface area contributed by atoms with E-state index in [9.17, 15) is 4.39 Å². The molecule has 2 heterocycles. The van der Waals surface area contributed by atoms with E-state index in [1.807, 2.05) is 6.92 Å². The van der Waals surface area contributed by atoms with Crippen molar-refractivity contribution in [2.24, 2.45) is 0 Å². The number of benzene rings is 1. The molecule has 0 amide bonds. The number of aromatic nitrogens is 2. The Labute approximate surface area is 102 Å². The van der Waals surface area contributed by atoms with Crippen LogP contribution in [0.25, 0.3) is 22.4 Å². The maximum Gasteiger partial charge on any atom is 0.220 e. The molecule has 5 heteroatoms. The van der Waals surface area contributed by atoms with Gasteiger partial charge in [0.1, 0.15) is 17.1 Å². The van der Waals surface area contributed by atoms with Crippen LogP contribution >= 0.6 is 0 Å². The highest BCUT2D eigenvalue weighted by Gasteiger charge is 2.09. The van der Waals surface area contributed by atoms with E-state index in [1.54, 1.807) is 18.2 Å². The normalized spacial score (nSPS) is 11.0. The smallest absolute Gasteiger partial charge is 0.220 e. The van der Waals surface area contributed by atoms with Gasteiger partial charge >= 0.3 is 0 Å². The molecular weight excluding hydrogens is 233 g/mol. The number of anilines is 1. The first kappa shape index (κ1) is 10.7. The summed E-state index contributed by atoms with van der Waals surface area (Å²) in [4.78, 5) is 8.09. The van der Waals surface area contributed by atoms with Crippen LogP contribution < -0.4 is 5.73 Å². The highest BCUT2D eigenvalue weighted by Crippen LogP contribution is 2.27. The zero-order valence-corrected chi connectivity index (χ0v) is 9.64. The maximum atomic E-state index is 13.1. The number of nitrogens with zero attached hydrogens (tertiary/aromatic N) is 2. The Morgan fingerprint density at radius 3 is 2.78 bits per heavy atom. The summed E-state index contributed by atoms with van der Waals surface area (Å²) in [7, 11) is 0. The lowest BCUT2D eigenvalue weighted by molar-refractivity contribution is 0.617. The van der Waals surface area contributed by atoms with Crippen molar-refractivity contribution in [3.63, 3.8) is 0 Å². The maximum absolute atomic E-state index is 13.1. The number of nitrogen functional groups attached to an aromatic ring is 1. The Bertz CT molecular complexity index is 716. The molecule has 0 unspecified atom stereocenters. The fourth-order valence-electron chi connectivity index (χ4n) is 1.86. The van der Waals surface area contributed by atoms with Crippen LogP contribution in [-0.4, -0.2) is 9.97 Å². The van der Waals surface area contributed by atoms with Gasteiger partial charge in [-0.15, -0.1) is 0 Å². The summed E-state index contributed by atoms with van der Waals surface area (Å²) in [5, 5.41) is 0.694. The van der Waals surface area contributed by atoms with Crippen molar-refractivity contribution in [2.45, 2.75) is 6.92 Å². The summed E-state index contributed by atoms with van der Waals surface area (Å²) in [5.41, 5.74) is 7.55. The second kappa shape index (κ2) is 3.80. The molecule has 4 nitrogen and oxygen atoms in total. The quantitative estimate of drug-likeness (QED) is 0.713. The first-order chi connectivity index (χ1) is 8.61. The predicted molar refractivity (Wildman–Crippen MR) is 66.3 cm³/mol. The topological polar surface area (TPSA) is 64.9 Å². The lowest BCUT2D eigenvalue weighted by atomic mass is 10.2. The minimum Gasteiger partial charge on any atom is -0.454 e. The lowest BCUT2D eigenvalue weighted by Crippen LogP contribution is -1.97. The van der Waals surface area contributed by atoms with Crippen molar-refractivity contribution in [1.29, 1.82) is 0 Å². The molecule has 3 aromatic rings. The van der Waals surface area contributed by atoms with Gasteiger partial charge in [0.05, 0.1) is 0 Å². The fourth-order valence-corrected chi connectivity index (χ4v) is 1.86. The summed E-state index contributed by atoms with van der Waals surface area (Å²) < 4.78 is 18.7. The number of fused-ring (bicyclic) bond motifs is 1. The summed E-state index contributed by atoms with van der Waals surface area (Å²) in [6.45, 7) is 1.82. The van der Waals surface area contributed by atoms with E-state index in [4.69, 9.17) is 10.2 Å². The average Bonchev–Trinajstić information content (AvgIpc) is 2.70. The molecule has 18 heavy (non-hydrogen) atoms. The summed E-state index contributed by atoms with van der Waals surface area (Å²) in [5.74, 6) is 0.442. The lowest BCUT2D eigenvalue weighted by Gasteiger charge is -1.99. The molecule has 2 aromatic heterocycles. The second-order valence-electron chi connectivity index (χ2n) is 4.05. The van der Waals surface area contributed by atoms with Gasteiger partial charge in [-0.25, -0.2) is 14.4 Å². The van der Waals surface area contributed by atoms with Gasteiger partial charge in [0.25, 0.3) is 0 Å². The Balaban J connectivity index is 2.19. The summed E-state index contributed by atoms with van der Waals surface area (Å²) in [6.07, 6.45) is 0. The predicted octanol–water partition coefficient (Wildman–Crippen LogP) is 2.92. The van der Waals surface area contributed by atoms with Crippen molar-refractivity contribution in [3.05, 3.63) is 41.8 Å². The highest BCUT2D eigenvalue weighted by molar-refractivity contribution is 5.82. The molecule has 0 radical (unpaired) electrons. The first-order valence-electron chi connectivity index (χ1n) is 5.42. The molecule has 0 atom stereocenters. The Kier molecular flexibility index (Phi) is 2.26. The van der Waals surface area contributed by atoms with Crippen molar-refractivity contribution in [3.8, 4) is 11.5 Å². The Hall–Kier alpha value is -2.43. The van der Waals surface area contributed by atoms with Gasteiger partial charge in [-0.05, 0) is 37.3 Å². The molecule has 0 aliphatic heterocycles. The van der Waals surface area contributed by atoms with Crippen LogP contribution in [-0.2, 0) is 0 Å². The van der Waals surface area contributed by atoms with E-state index >= 15 is 0 Å². The van der Waals surface area contributed by atoms with Crippen LogP contribution in [0.2, 0.25) is 0 Å². The molecule has 2 N–H and O–H groups in total. The number of halogens is 1. The molecule has 90 valence electrons. The first-order valence-corrected chi connectivity index (χ1v) is 5.42. The van der Waals surface area contributed by atoms with Crippen molar-refractivity contribution in [2.75, 3.05) is 5.73 Å². The molecule has 0 saturated carbocycles. The molecule has 0 spiro atoms. The molecule has 0 aliphatic carbocycles. The van der Waals surface area contributed by atoms with Crippen LogP contribution in [0.15, 0.2) is 34.7 Å². The van der Waals surface area contributed by atoms with Crippen molar-refractivity contribution in [1.82, 2.24) is 9.97 Å². The zero-order valence-electron chi connectivity index (χ0n) is 9.64. The van der Waals surface area contributed by atoms with Gasteiger partial charge in [-0.1, -0.05) is 0 Å². The molecule has 0 fully saturated rings. The van der Waals surface area contributed by atoms with E-state index in [-0.39, 0.29) is 11.8 Å². The third-order valence-corrected chi connectivity index (χ3v) is 2.60. The number of furan rings is 1. The van der Waals surface area contributed by atoms with Gasteiger partial charge in [-0.2, -0.15) is 0 Å². The van der Waals surface area contributed by atoms with Crippen LogP contribution in [0.4, 0.5) is 10.3 Å². The van der Waals surface area contributed by atoms with Crippen LogP contribution in [0, 0.1) is 12.7 Å². The molecule has 1 aromatic carbocycles. The highest BCUT2D eigenvalue weighted by atomic mass is 19.1. The third-order valence-electron chi connectivity index (χ3n) is 2.60. The number of hydrogen-bond acceptors (Lipinski definition) is 4. The number of rotatable bonds is 1. The molecule has 0 aliphatic rings. The molecule has 3 rings (SSSR count). The van der Waals surface area contributed by atoms with Gasteiger partial charge < -0.3 is 10.2 Å². The molecular formula is C13H10FN3O. The SMILES string of the molecule is Cc1cc(-c2cc3cc(F)ccc3o2)nc(N)n1. The van der Waals surface area contributed by atoms with Crippen molar-refractivity contribution >= 4 is 16.9 Å². The second-order valence-corrected chi connectivity index (χ2v) is 4.05. The van der Waals surface area contributed by atoms with Crippen LogP contribution in [0.3, 0.4) is 0 Å². The van der Waals surface area contributed by atoms with Gasteiger partial charge in [0.2, 0.25) is 5.95 Å². The van der Waals surface area contributed by atoms with Crippen LogP contribution in [0.5, 0.6) is 0 Å². The van der Waals surface area contributed by atoms with E-state index in [2.05, 4.69) is 9.97 Å². The summed E-state index contributed by atoms with van der Waals surface area (Å²) in [6, 6.07) is 7.87. The minimum atomic E-state index is -0.298. The zero-order chi connectivity index (χ0) is 12.7. The number of aryl methyl sites for hydroxylation is 1. The Morgan fingerprint density at radius 1 is 1.17 bits per heavy atom. The van der Waals surface area contributed by atoms with E-state index < -0.39 is 0 Å². The van der Waals surface area contributed by atoms with Crippen LogP contribution in [0.1, 0.15) is 5.69 Å².